The summed E-state index contributed by atoms with van der Waals surface area (Å²) >= 11 is 0. The van der Waals surface area contributed by atoms with Gasteiger partial charge in [-0.25, -0.2) is 13.2 Å². The molecule has 0 bridgehead atoms. The average Bonchev–Trinajstić information content (AvgIpc) is 2.96. The van der Waals surface area contributed by atoms with Crippen molar-refractivity contribution < 1.29 is 13.2 Å². The third-order valence-electron chi connectivity index (χ3n) is 7.05. The predicted octanol–water partition coefficient (Wildman–Crippen LogP) is 5.53. The maximum atomic E-state index is 13.4. The fourth-order valence-corrected chi connectivity index (χ4v) is 5.58. The molecule has 1 aliphatic rings. The Morgan fingerprint density at radius 3 is 2.22 bits per heavy atom. The Morgan fingerprint density at radius 2 is 1.61 bits per heavy atom. The number of carbonyl (C=O) groups excluding carboxylic acids is 1. The van der Waals surface area contributed by atoms with Gasteiger partial charge in [-0.2, -0.15) is 0 Å². The van der Waals surface area contributed by atoms with Gasteiger partial charge in [0.25, 0.3) is 0 Å². The van der Waals surface area contributed by atoms with Crippen molar-refractivity contribution in [1.29, 1.82) is 0 Å². The number of benzene rings is 2. The fourth-order valence-electron chi connectivity index (χ4n) is 5.01. The summed E-state index contributed by atoms with van der Waals surface area (Å²) in [4.78, 5) is 26.6. The minimum Gasteiger partial charge on any atom is -0.306 e. The second-order valence-corrected chi connectivity index (χ2v) is 12.1. The molecule has 2 aromatic heterocycles. The van der Waals surface area contributed by atoms with E-state index in [1.807, 2.05) is 78.7 Å². The van der Waals surface area contributed by atoms with E-state index in [4.69, 9.17) is 0 Å². The predicted molar refractivity (Wildman–Crippen MR) is 163 cm³/mol. The molecule has 9 nitrogen and oxygen atoms in total. The molecular weight excluding hydrogens is 536 g/mol. The standard InChI is InChI=1S/C31H34N6O3S/c1-23-8-12-27(21-32-23)34-31(38)37(28-6-4-3-5-7-28)29-16-18-36(19-17-29)22-24-9-15-30(33-20-24)25-10-13-26(14-11-25)35-41(2,39)40/h3-15,20-21,29,35H,16-19,22H2,1-2H3,(H,34,38). The molecule has 0 atom stereocenters. The number of piperidine rings is 1. The van der Waals surface area contributed by atoms with Crippen molar-refractivity contribution in [2.24, 2.45) is 0 Å². The summed E-state index contributed by atoms with van der Waals surface area (Å²) in [6.07, 6.45) is 6.42. The highest BCUT2D eigenvalue weighted by Gasteiger charge is 2.29. The van der Waals surface area contributed by atoms with Crippen molar-refractivity contribution in [2.45, 2.75) is 32.4 Å². The van der Waals surface area contributed by atoms with Crippen LogP contribution in [0.2, 0.25) is 0 Å². The molecule has 4 aromatic rings. The van der Waals surface area contributed by atoms with Gasteiger partial charge in [0.05, 0.1) is 23.8 Å². The summed E-state index contributed by atoms with van der Waals surface area (Å²) in [5.74, 6) is 0. The first kappa shape index (κ1) is 28.3. The number of hydrogen-bond donors (Lipinski definition) is 2. The van der Waals surface area contributed by atoms with Gasteiger partial charge in [-0.05, 0) is 67.8 Å². The zero-order valence-electron chi connectivity index (χ0n) is 23.2. The van der Waals surface area contributed by atoms with E-state index in [0.29, 0.717) is 11.4 Å². The van der Waals surface area contributed by atoms with Gasteiger partial charge in [-0.3, -0.25) is 24.5 Å². The zero-order valence-corrected chi connectivity index (χ0v) is 24.0. The van der Waals surface area contributed by atoms with Gasteiger partial charge in [0.2, 0.25) is 10.0 Å². The van der Waals surface area contributed by atoms with E-state index in [1.54, 1.807) is 18.3 Å². The molecule has 41 heavy (non-hydrogen) atoms. The Balaban J connectivity index is 1.19. The normalized spacial score (nSPS) is 14.4. The van der Waals surface area contributed by atoms with Crippen LogP contribution in [0.25, 0.3) is 11.3 Å². The maximum Gasteiger partial charge on any atom is 0.326 e. The number of pyridine rings is 2. The van der Waals surface area contributed by atoms with Gasteiger partial charge in [0.15, 0.2) is 0 Å². The summed E-state index contributed by atoms with van der Waals surface area (Å²) < 4.78 is 25.3. The maximum absolute atomic E-state index is 13.4. The van der Waals surface area contributed by atoms with Gasteiger partial charge in [0.1, 0.15) is 0 Å². The van der Waals surface area contributed by atoms with Gasteiger partial charge >= 0.3 is 6.03 Å². The molecule has 2 aromatic carbocycles. The van der Waals surface area contributed by atoms with Crippen LogP contribution in [0.4, 0.5) is 21.9 Å². The van der Waals surface area contributed by atoms with Crippen molar-refractivity contribution in [2.75, 3.05) is 34.3 Å². The number of anilines is 3. The van der Waals surface area contributed by atoms with E-state index >= 15 is 0 Å². The van der Waals surface area contributed by atoms with E-state index in [1.165, 1.54) is 0 Å². The second kappa shape index (κ2) is 12.5. The Kier molecular flexibility index (Phi) is 8.61. The number of hydrogen-bond acceptors (Lipinski definition) is 6. The summed E-state index contributed by atoms with van der Waals surface area (Å²) in [6.45, 7) is 4.43. The first-order valence-electron chi connectivity index (χ1n) is 13.6. The number of amides is 2. The molecule has 1 aliphatic heterocycles. The summed E-state index contributed by atoms with van der Waals surface area (Å²) in [7, 11) is -3.31. The van der Waals surface area contributed by atoms with Crippen molar-refractivity contribution in [1.82, 2.24) is 14.9 Å². The molecule has 0 spiro atoms. The first-order valence-corrected chi connectivity index (χ1v) is 15.5. The molecule has 0 saturated carbocycles. The monoisotopic (exact) mass is 570 g/mol. The molecule has 1 saturated heterocycles. The first-order chi connectivity index (χ1) is 19.7. The molecule has 1 fully saturated rings. The number of nitrogens with one attached hydrogen (secondary N) is 2. The van der Waals surface area contributed by atoms with E-state index in [-0.39, 0.29) is 12.1 Å². The Bertz CT molecular complexity index is 1550. The topological polar surface area (TPSA) is 108 Å². The zero-order chi connectivity index (χ0) is 28.8. The van der Waals surface area contributed by atoms with Gasteiger partial charge in [0, 0.05) is 54.5 Å². The molecule has 0 aliphatic carbocycles. The summed E-state index contributed by atoms with van der Waals surface area (Å²) in [5.41, 5.74) is 5.83. The number of aryl methyl sites for hydroxylation is 1. The molecule has 212 valence electrons. The van der Waals surface area contributed by atoms with Crippen molar-refractivity contribution in [3.8, 4) is 11.3 Å². The molecule has 10 heteroatoms. The number of para-hydroxylation sites is 1. The van der Waals surface area contributed by atoms with Crippen LogP contribution in [-0.2, 0) is 16.6 Å². The number of nitrogens with zero attached hydrogens (tertiary/aromatic N) is 4. The third-order valence-corrected chi connectivity index (χ3v) is 7.66. The van der Waals surface area contributed by atoms with Crippen LogP contribution in [0.1, 0.15) is 24.1 Å². The van der Waals surface area contributed by atoms with Crippen molar-refractivity contribution in [3.05, 3.63) is 103 Å². The SMILES string of the molecule is Cc1ccc(NC(=O)N(c2ccccc2)C2CCN(Cc3ccc(-c4ccc(NS(C)(=O)=O)cc4)nc3)CC2)cn1. The number of carbonyl (C=O) groups is 1. The smallest absolute Gasteiger partial charge is 0.306 e. The highest BCUT2D eigenvalue weighted by molar-refractivity contribution is 7.92. The van der Waals surface area contributed by atoms with Gasteiger partial charge in [-0.1, -0.05) is 36.4 Å². The van der Waals surface area contributed by atoms with Crippen LogP contribution in [0.5, 0.6) is 0 Å². The Hall–Kier alpha value is -4.28. The van der Waals surface area contributed by atoms with E-state index in [0.717, 1.165) is 66.9 Å². The molecule has 2 N–H and O–H groups in total. The number of sulfonamides is 1. The van der Waals surface area contributed by atoms with Crippen LogP contribution < -0.4 is 14.9 Å². The van der Waals surface area contributed by atoms with Crippen LogP contribution in [-0.4, -0.2) is 54.7 Å². The number of likely N-dealkylation sites (tertiary alicyclic amines) is 1. The van der Waals surface area contributed by atoms with Gasteiger partial charge < -0.3 is 5.32 Å². The molecule has 0 radical (unpaired) electrons. The molecule has 3 heterocycles. The summed E-state index contributed by atoms with van der Waals surface area (Å²) in [6, 6.07) is 24.7. The Labute approximate surface area is 241 Å². The van der Waals surface area contributed by atoms with Crippen molar-refractivity contribution >= 4 is 33.1 Å². The lowest BCUT2D eigenvalue weighted by molar-refractivity contribution is 0.199. The number of rotatable bonds is 8. The lowest BCUT2D eigenvalue weighted by atomic mass is 10.0. The summed E-state index contributed by atoms with van der Waals surface area (Å²) in [5, 5.41) is 3.02. The second-order valence-electron chi connectivity index (χ2n) is 10.3. The largest absolute Gasteiger partial charge is 0.326 e. The third kappa shape index (κ3) is 7.68. The lowest BCUT2D eigenvalue weighted by Gasteiger charge is -2.38. The van der Waals surface area contributed by atoms with E-state index in [9.17, 15) is 13.2 Å². The highest BCUT2D eigenvalue weighted by atomic mass is 32.2. The van der Waals surface area contributed by atoms with E-state index in [2.05, 4.69) is 31.0 Å². The van der Waals surface area contributed by atoms with Crippen LogP contribution in [0.15, 0.2) is 91.3 Å². The minimum atomic E-state index is -3.31. The van der Waals surface area contributed by atoms with Crippen LogP contribution in [0.3, 0.4) is 0 Å². The highest BCUT2D eigenvalue weighted by Crippen LogP contribution is 2.26. The number of aromatic nitrogens is 2. The molecule has 5 rings (SSSR count). The van der Waals surface area contributed by atoms with Crippen LogP contribution >= 0.6 is 0 Å². The minimum absolute atomic E-state index is 0.0766. The van der Waals surface area contributed by atoms with Crippen molar-refractivity contribution in [3.63, 3.8) is 0 Å². The van der Waals surface area contributed by atoms with Gasteiger partial charge in [-0.15, -0.1) is 0 Å². The fraction of sp³-hybridized carbons (Fsp3) is 0.258. The molecule has 2 amide bonds. The molecule has 0 unspecified atom stereocenters. The van der Waals surface area contributed by atoms with E-state index < -0.39 is 10.0 Å². The number of urea groups is 1. The van der Waals surface area contributed by atoms with Crippen LogP contribution in [0, 0.1) is 6.92 Å². The molecular formula is C31H34N6O3S. The lowest BCUT2D eigenvalue weighted by Crippen LogP contribution is -2.49. The Morgan fingerprint density at radius 1 is 0.902 bits per heavy atom. The quantitative estimate of drug-likeness (QED) is 0.289. The average molecular weight is 571 g/mol.